The summed E-state index contributed by atoms with van der Waals surface area (Å²) in [6, 6.07) is 6.88. The summed E-state index contributed by atoms with van der Waals surface area (Å²) in [6.07, 6.45) is 9.70. The number of aromatic nitrogens is 1. The van der Waals surface area contributed by atoms with Gasteiger partial charge in [0.05, 0.1) is 11.3 Å². The number of aryl methyl sites for hydroxylation is 1. The van der Waals surface area contributed by atoms with Gasteiger partial charge in [0.25, 0.3) is 0 Å². The van der Waals surface area contributed by atoms with Gasteiger partial charge in [0, 0.05) is 22.4 Å². The number of carboxylic acid groups (broad SMARTS) is 1. The fourth-order valence-corrected chi connectivity index (χ4v) is 8.56. The lowest BCUT2D eigenvalue weighted by molar-refractivity contribution is -0.131. The normalized spacial score (nSPS) is 34.5. The van der Waals surface area contributed by atoms with Crippen LogP contribution in [0.3, 0.4) is 0 Å². The van der Waals surface area contributed by atoms with Gasteiger partial charge in [-0.2, -0.15) is 0 Å². The second kappa shape index (κ2) is 7.26. The van der Waals surface area contributed by atoms with Crippen LogP contribution in [-0.2, 0) is 11.2 Å². The fraction of sp³-hybridized carbons (Fsp3) is 0.519. The minimum Gasteiger partial charge on any atom is -0.478 e. The van der Waals surface area contributed by atoms with Crippen molar-refractivity contribution in [2.24, 2.45) is 28.6 Å². The van der Waals surface area contributed by atoms with E-state index in [1.54, 1.807) is 29.5 Å². The van der Waals surface area contributed by atoms with Gasteiger partial charge in [-0.05, 0) is 85.5 Å². The number of carbonyl (C=O) groups excluding carboxylic acids is 1. The van der Waals surface area contributed by atoms with Crippen LogP contribution in [-0.4, -0.2) is 21.8 Å². The maximum absolute atomic E-state index is 12.7. The van der Waals surface area contributed by atoms with E-state index in [2.05, 4.69) is 25.2 Å². The predicted molar refractivity (Wildman–Crippen MR) is 130 cm³/mol. The van der Waals surface area contributed by atoms with Crippen LogP contribution >= 0.6 is 11.3 Å². The van der Waals surface area contributed by atoms with E-state index in [-0.39, 0.29) is 16.4 Å². The van der Waals surface area contributed by atoms with Crippen molar-refractivity contribution in [3.05, 3.63) is 46.5 Å². The monoisotopic (exact) mass is 462 g/mol. The van der Waals surface area contributed by atoms with Crippen LogP contribution in [0.2, 0.25) is 0 Å². The molecule has 0 bridgehead atoms. The SMILES string of the molecule is C[C@]12CCc3sc(Nc4cccc(C(=O)O)c4)nc3C1=CC[C@@H]1[C@@H]2CC[C@]2(C)C(=O)CC[C@@H]12. The summed E-state index contributed by atoms with van der Waals surface area (Å²) >= 11 is 1.69. The molecule has 0 radical (unpaired) electrons. The quantitative estimate of drug-likeness (QED) is 0.557. The van der Waals surface area contributed by atoms with Gasteiger partial charge in [-0.3, -0.25) is 4.79 Å². The zero-order valence-corrected chi connectivity index (χ0v) is 20.0. The first kappa shape index (κ1) is 21.1. The molecule has 0 saturated heterocycles. The highest BCUT2D eigenvalue weighted by molar-refractivity contribution is 7.15. The highest BCUT2D eigenvalue weighted by Crippen LogP contribution is 2.65. The van der Waals surface area contributed by atoms with Crippen LogP contribution < -0.4 is 5.32 Å². The molecule has 6 heteroatoms. The lowest BCUT2D eigenvalue weighted by atomic mass is 9.48. The van der Waals surface area contributed by atoms with Gasteiger partial charge in [0.15, 0.2) is 5.13 Å². The number of anilines is 2. The standard InChI is InChI=1S/C27H30N2O3S/c1-26-13-11-21-23(29-25(33-21)28-16-5-3-4-15(14-16)24(31)32)20(26)7-6-17-18-8-9-22(30)27(18,2)12-10-19(17)26/h3-5,7,14,17-19H,6,8-13H2,1-2H3,(H,28,29)(H,31,32)/t17-,18-,19-,26+,27-/m0/s1. The molecule has 4 aliphatic rings. The molecule has 0 amide bonds. The number of nitrogens with one attached hydrogen (secondary N) is 1. The van der Waals surface area contributed by atoms with Gasteiger partial charge >= 0.3 is 5.97 Å². The summed E-state index contributed by atoms with van der Waals surface area (Å²) in [5.74, 6) is 1.34. The third-order valence-electron chi connectivity index (χ3n) is 9.36. The number of thiazole rings is 1. The second-order valence-corrected chi connectivity index (χ2v) is 12.0. The fourth-order valence-electron chi connectivity index (χ4n) is 7.56. The van der Waals surface area contributed by atoms with Crippen molar-refractivity contribution in [2.75, 3.05) is 5.32 Å². The van der Waals surface area contributed by atoms with Gasteiger partial charge in [-0.15, -0.1) is 11.3 Å². The molecule has 33 heavy (non-hydrogen) atoms. The lowest BCUT2D eigenvalue weighted by Gasteiger charge is -2.55. The lowest BCUT2D eigenvalue weighted by Crippen LogP contribution is -2.49. The average Bonchev–Trinajstić information content (AvgIpc) is 3.33. The molecule has 6 rings (SSSR count). The molecule has 2 fully saturated rings. The molecule has 0 unspecified atom stereocenters. The van der Waals surface area contributed by atoms with Crippen molar-refractivity contribution in [3.63, 3.8) is 0 Å². The van der Waals surface area contributed by atoms with E-state index in [0.717, 1.165) is 61.5 Å². The Bertz CT molecular complexity index is 1200. The van der Waals surface area contributed by atoms with E-state index in [9.17, 15) is 14.7 Å². The molecule has 1 aromatic heterocycles. The van der Waals surface area contributed by atoms with E-state index < -0.39 is 5.97 Å². The third kappa shape index (κ3) is 3.06. The molecule has 0 aliphatic heterocycles. The molecular formula is C27H30N2O3S. The average molecular weight is 463 g/mol. The first-order valence-corrected chi connectivity index (χ1v) is 13.0. The summed E-state index contributed by atoms with van der Waals surface area (Å²) in [7, 11) is 0. The molecule has 1 aromatic carbocycles. The van der Waals surface area contributed by atoms with Crippen molar-refractivity contribution in [1.29, 1.82) is 0 Å². The van der Waals surface area contributed by atoms with E-state index in [1.165, 1.54) is 10.5 Å². The van der Waals surface area contributed by atoms with Crippen molar-refractivity contribution < 1.29 is 14.7 Å². The summed E-state index contributed by atoms with van der Waals surface area (Å²) in [5.41, 5.74) is 3.59. The van der Waals surface area contributed by atoms with Gasteiger partial charge in [0.1, 0.15) is 5.78 Å². The van der Waals surface area contributed by atoms with Crippen LogP contribution in [0.1, 0.15) is 73.3 Å². The van der Waals surface area contributed by atoms with Gasteiger partial charge in [-0.25, -0.2) is 9.78 Å². The number of aromatic carboxylic acids is 1. The van der Waals surface area contributed by atoms with Crippen molar-refractivity contribution in [3.8, 4) is 0 Å². The minimum absolute atomic E-state index is 0.0924. The third-order valence-corrected chi connectivity index (χ3v) is 10.4. The number of carboxylic acids is 1. The van der Waals surface area contributed by atoms with E-state index >= 15 is 0 Å². The molecule has 172 valence electrons. The molecule has 2 aromatic rings. The summed E-state index contributed by atoms with van der Waals surface area (Å²) < 4.78 is 0. The molecule has 2 N–H and O–H groups in total. The number of carbonyl (C=O) groups is 2. The van der Waals surface area contributed by atoms with Gasteiger partial charge in [-0.1, -0.05) is 26.0 Å². The zero-order chi connectivity index (χ0) is 23.0. The highest BCUT2D eigenvalue weighted by Gasteiger charge is 2.58. The first-order chi connectivity index (χ1) is 15.8. The van der Waals surface area contributed by atoms with Crippen LogP contribution in [0, 0.1) is 28.6 Å². The van der Waals surface area contributed by atoms with Crippen molar-refractivity contribution >= 4 is 39.5 Å². The maximum atomic E-state index is 12.7. The van der Waals surface area contributed by atoms with E-state index in [0.29, 0.717) is 23.5 Å². The number of nitrogens with zero attached hydrogens (tertiary/aromatic N) is 1. The van der Waals surface area contributed by atoms with E-state index in [4.69, 9.17) is 4.98 Å². The maximum Gasteiger partial charge on any atom is 0.335 e. The van der Waals surface area contributed by atoms with Crippen LogP contribution in [0.15, 0.2) is 30.3 Å². The van der Waals surface area contributed by atoms with Crippen molar-refractivity contribution in [2.45, 2.75) is 58.8 Å². The number of fused-ring (bicyclic) bond motifs is 7. The Morgan fingerprint density at radius 3 is 2.79 bits per heavy atom. The summed E-state index contributed by atoms with van der Waals surface area (Å²) in [4.78, 5) is 30.3. The topological polar surface area (TPSA) is 79.3 Å². The van der Waals surface area contributed by atoms with Crippen LogP contribution in [0.5, 0.6) is 0 Å². The Balaban J connectivity index is 1.31. The smallest absolute Gasteiger partial charge is 0.335 e. The molecular weight excluding hydrogens is 432 g/mol. The second-order valence-electron chi connectivity index (χ2n) is 10.9. The Morgan fingerprint density at radius 1 is 1.15 bits per heavy atom. The number of Topliss-reactive ketones (excluding diaryl/α,β-unsaturated/α-hetero) is 1. The minimum atomic E-state index is -0.928. The Hall–Kier alpha value is -2.47. The van der Waals surface area contributed by atoms with E-state index in [1.807, 2.05) is 6.07 Å². The zero-order valence-electron chi connectivity index (χ0n) is 19.2. The molecule has 5 atom stereocenters. The molecule has 2 saturated carbocycles. The Morgan fingerprint density at radius 2 is 1.97 bits per heavy atom. The number of hydrogen-bond donors (Lipinski definition) is 2. The summed E-state index contributed by atoms with van der Waals surface area (Å²) in [5, 5.41) is 13.4. The molecule has 4 aliphatic carbocycles. The number of allylic oxidation sites excluding steroid dienone is 2. The van der Waals surface area contributed by atoms with Crippen LogP contribution in [0.4, 0.5) is 10.8 Å². The summed E-state index contributed by atoms with van der Waals surface area (Å²) in [6.45, 7) is 4.68. The number of rotatable bonds is 3. The Kier molecular flexibility index (Phi) is 4.64. The molecule has 5 nitrogen and oxygen atoms in total. The largest absolute Gasteiger partial charge is 0.478 e. The van der Waals surface area contributed by atoms with Gasteiger partial charge < -0.3 is 10.4 Å². The number of hydrogen-bond acceptors (Lipinski definition) is 5. The molecule has 0 spiro atoms. The van der Waals surface area contributed by atoms with Crippen LogP contribution in [0.25, 0.3) is 5.57 Å². The molecule has 1 heterocycles. The number of ketones is 1. The predicted octanol–water partition coefficient (Wildman–Crippen LogP) is 6.34. The first-order valence-electron chi connectivity index (χ1n) is 12.1. The van der Waals surface area contributed by atoms with Gasteiger partial charge in [0.2, 0.25) is 0 Å². The number of benzene rings is 1. The Labute approximate surface area is 198 Å². The highest BCUT2D eigenvalue weighted by atomic mass is 32.1. The van der Waals surface area contributed by atoms with Crippen molar-refractivity contribution in [1.82, 2.24) is 4.98 Å².